The Bertz CT molecular complexity index is 1020. The summed E-state index contributed by atoms with van der Waals surface area (Å²) < 4.78 is 35.1. The molecule has 2 fully saturated rings. The van der Waals surface area contributed by atoms with E-state index in [0.29, 0.717) is 11.3 Å². The van der Waals surface area contributed by atoms with Crippen LogP contribution in [0.1, 0.15) is 43.0 Å². The van der Waals surface area contributed by atoms with Gasteiger partial charge in [-0.15, -0.1) is 0 Å². The second-order valence-electron chi connectivity index (χ2n) is 8.07. The van der Waals surface area contributed by atoms with Crippen molar-refractivity contribution in [3.63, 3.8) is 0 Å². The van der Waals surface area contributed by atoms with Crippen molar-refractivity contribution < 1.29 is 42.8 Å². The van der Waals surface area contributed by atoms with Crippen LogP contribution in [-0.4, -0.2) is 55.0 Å². The Morgan fingerprint density at radius 2 is 1.47 bits per heavy atom. The Labute approximate surface area is 196 Å². The second-order valence-corrected chi connectivity index (χ2v) is 8.07. The zero-order valence-electron chi connectivity index (χ0n) is 19.0. The maximum absolute atomic E-state index is 12.0. The number of esters is 2. The number of benzene rings is 2. The van der Waals surface area contributed by atoms with E-state index in [1.54, 1.807) is 24.3 Å². The van der Waals surface area contributed by atoms with Crippen LogP contribution < -0.4 is 4.74 Å². The maximum atomic E-state index is 12.0. The Hall–Kier alpha value is -3.27. The molecule has 0 aromatic heterocycles. The third-order valence-corrected chi connectivity index (χ3v) is 5.47. The van der Waals surface area contributed by atoms with Crippen molar-refractivity contribution in [1.29, 1.82) is 0 Å². The third kappa shape index (κ3) is 5.44. The highest BCUT2D eigenvalue weighted by Crippen LogP contribution is 2.37. The average molecular weight is 470 g/mol. The second kappa shape index (κ2) is 10.3. The van der Waals surface area contributed by atoms with Gasteiger partial charge in [0.05, 0.1) is 6.61 Å². The summed E-state index contributed by atoms with van der Waals surface area (Å²) in [7, 11) is 0. The molecule has 2 aliphatic heterocycles. The largest absolute Gasteiger partial charge is 0.461 e. The predicted molar refractivity (Wildman–Crippen MR) is 117 cm³/mol. The number of carbonyl (C=O) groups excluding carboxylic acids is 3. The first-order valence-corrected chi connectivity index (χ1v) is 10.9. The SMILES string of the molecule is CC(=O)O[C@H]1[C@H](OC(C)=O)[C@H](Oc2ccc(C(C)=O)cc2)O[C@@H]2CO[C@H](c3ccccc3)O[C@H]12. The van der Waals surface area contributed by atoms with Crippen LogP contribution >= 0.6 is 0 Å². The normalized spacial score (nSPS) is 28.3. The molecule has 2 aromatic carbocycles. The molecule has 4 rings (SSSR count). The van der Waals surface area contributed by atoms with Gasteiger partial charge in [0.2, 0.25) is 12.4 Å². The van der Waals surface area contributed by atoms with Crippen molar-refractivity contribution in [3.8, 4) is 5.75 Å². The highest BCUT2D eigenvalue weighted by atomic mass is 16.8. The fourth-order valence-corrected chi connectivity index (χ4v) is 3.97. The molecule has 2 heterocycles. The monoisotopic (exact) mass is 470 g/mol. The number of ketones is 1. The number of fused-ring (bicyclic) bond motifs is 1. The van der Waals surface area contributed by atoms with E-state index in [0.717, 1.165) is 5.56 Å². The van der Waals surface area contributed by atoms with Gasteiger partial charge < -0.3 is 28.4 Å². The Balaban J connectivity index is 1.60. The molecule has 0 unspecified atom stereocenters. The molecule has 0 radical (unpaired) electrons. The average Bonchev–Trinajstić information content (AvgIpc) is 2.81. The molecular weight excluding hydrogens is 444 g/mol. The number of rotatable bonds is 6. The van der Waals surface area contributed by atoms with E-state index >= 15 is 0 Å². The van der Waals surface area contributed by atoms with Crippen LogP contribution in [0.2, 0.25) is 0 Å². The van der Waals surface area contributed by atoms with Gasteiger partial charge in [-0.05, 0) is 31.2 Å². The summed E-state index contributed by atoms with van der Waals surface area (Å²) in [5.74, 6) is -0.873. The first-order chi connectivity index (χ1) is 16.3. The van der Waals surface area contributed by atoms with Gasteiger partial charge in [-0.3, -0.25) is 14.4 Å². The van der Waals surface area contributed by atoms with Crippen molar-refractivity contribution in [2.24, 2.45) is 0 Å². The van der Waals surface area contributed by atoms with E-state index in [1.807, 2.05) is 30.3 Å². The van der Waals surface area contributed by atoms with Gasteiger partial charge in [0.25, 0.3) is 0 Å². The number of carbonyl (C=O) groups is 3. The van der Waals surface area contributed by atoms with E-state index < -0.39 is 48.9 Å². The van der Waals surface area contributed by atoms with Crippen LogP contribution in [0.3, 0.4) is 0 Å². The van der Waals surface area contributed by atoms with Crippen LogP contribution in [0.15, 0.2) is 54.6 Å². The summed E-state index contributed by atoms with van der Waals surface area (Å²) in [4.78, 5) is 35.5. The number of hydrogen-bond donors (Lipinski definition) is 0. The third-order valence-electron chi connectivity index (χ3n) is 5.47. The number of ether oxygens (including phenoxy) is 6. The molecule has 6 atom stereocenters. The lowest BCUT2D eigenvalue weighted by atomic mass is 9.97. The molecule has 0 saturated carbocycles. The number of Topliss-reactive ketones (excluding diaryl/α,β-unsaturated/α-hetero) is 1. The van der Waals surface area contributed by atoms with Crippen LogP contribution in [-0.2, 0) is 33.3 Å². The lowest BCUT2D eigenvalue weighted by molar-refractivity contribution is -0.351. The Morgan fingerprint density at radius 1 is 0.824 bits per heavy atom. The van der Waals surface area contributed by atoms with Gasteiger partial charge in [0, 0.05) is 25.0 Å². The maximum Gasteiger partial charge on any atom is 0.303 e. The van der Waals surface area contributed by atoms with Crippen molar-refractivity contribution in [3.05, 3.63) is 65.7 Å². The van der Waals surface area contributed by atoms with E-state index in [1.165, 1.54) is 20.8 Å². The zero-order valence-corrected chi connectivity index (χ0v) is 19.0. The molecule has 2 saturated heterocycles. The smallest absolute Gasteiger partial charge is 0.303 e. The summed E-state index contributed by atoms with van der Waals surface area (Å²) in [5.41, 5.74) is 1.31. The van der Waals surface area contributed by atoms with Gasteiger partial charge in [0.15, 0.2) is 18.2 Å². The molecule has 34 heavy (non-hydrogen) atoms. The topological polar surface area (TPSA) is 107 Å². The first kappa shape index (κ1) is 23.9. The molecule has 0 aliphatic carbocycles. The molecule has 9 nitrogen and oxygen atoms in total. The minimum absolute atomic E-state index is 0.0829. The van der Waals surface area contributed by atoms with E-state index in [-0.39, 0.29) is 12.4 Å². The fourth-order valence-electron chi connectivity index (χ4n) is 3.97. The first-order valence-electron chi connectivity index (χ1n) is 10.9. The van der Waals surface area contributed by atoms with Crippen LogP contribution in [0.5, 0.6) is 5.75 Å². The van der Waals surface area contributed by atoms with Gasteiger partial charge in [0.1, 0.15) is 18.0 Å². The molecular formula is C25H26O9. The van der Waals surface area contributed by atoms with Crippen molar-refractivity contribution in [2.75, 3.05) is 6.61 Å². The molecule has 0 spiro atoms. The summed E-state index contributed by atoms with van der Waals surface area (Å²) in [6.45, 7) is 4.11. The van der Waals surface area contributed by atoms with Gasteiger partial charge in [-0.1, -0.05) is 30.3 Å². The Morgan fingerprint density at radius 3 is 2.09 bits per heavy atom. The highest BCUT2D eigenvalue weighted by Gasteiger charge is 2.54. The molecule has 0 bridgehead atoms. The quantitative estimate of drug-likeness (QED) is 0.465. The standard InChI is InChI=1S/C25H26O9/c1-14(26)17-9-11-19(12-10-17)32-25-23(31-16(3)28)22(30-15(2)27)21-20(33-25)13-29-24(34-21)18-7-5-4-6-8-18/h4-12,20-25H,13H2,1-3H3/t20-,21+,22-,23+,24+,25-/m1/s1. The van der Waals surface area contributed by atoms with Crippen LogP contribution in [0.4, 0.5) is 0 Å². The van der Waals surface area contributed by atoms with Crippen molar-refractivity contribution in [2.45, 2.75) is 57.8 Å². The van der Waals surface area contributed by atoms with E-state index in [9.17, 15) is 14.4 Å². The van der Waals surface area contributed by atoms with Gasteiger partial charge in [-0.25, -0.2) is 0 Å². The minimum atomic E-state index is -1.11. The predicted octanol–water partition coefficient (Wildman–Crippen LogP) is 2.97. The Kier molecular flexibility index (Phi) is 7.26. The molecule has 0 N–H and O–H groups in total. The molecule has 2 aliphatic rings. The fraction of sp³-hybridized carbons (Fsp3) is 0.400. The molecule has 9 heteroatoms. The molecule has 180 valence electrons. The summed E-state index contributed by atoms with van der Waals surface area (Å²) in [6.07, 6.45) is -5.36. The molecule has 2 aromatic rings. The summed E-state index contributed by atoms with van der Waals surface area (Å²) >= 11 is 0. The van der Waals surface area contributed by atoms with E-state index in [4.69, 9.17) is 28.4 Å². The summed E-state index contributed by atoms with van der Waals surface area (Å²) in [6, 6.07) is 15.8. The van der Waals surface area contributed by atoms with Crippen LogP contribution in [0.25, 0.3) is 0 Å². The lowest BCUT2D eigenvalue weighted by Gasteiger charge is -2.47. The minimum Gasteiger partial charge on any atom is -0.461 e. The van der Waals surface area contributed by atoms with E-state index in [2.05, 4.69) is 0 Å². The van der Waals surface area contributed by atoms with Gasteiger partial charge in [-0.2, -0.15) is 0 Å². The zero-order chi connectivity index (χ0) is 24.2. The van der Waals surface area contributed by atoms with Crippen molar-refractivity contribution >= 4 is 17.7 Å². The van der Waals surface area contributed by atoms with Crippen molar-refractivity contribution in [1.82, 2.24) is 0 Å². The highest BCUT2D eigenvalue weighted by molar-refractivity contribution is 5.94. The van der Waals surface area contributed by atoms with Crippen LogP contribution in [0, 0.1) is 0 Å². The lowest BCUT2D eigenvalue weighted by Crippen LogP contribution is -2.64. The van der Waals surface area contributed by atoms with Gasteiger partial charge >= 0.3 is 11.9 Å². The molecule has 0 amide bonds. The summed E-state index contributed by atoms with van der Waals surface area (Å²) in [5, 5.41) is 0. The number of hydrogen-bond acceptors (Lipinski definition) is 9.